The number of aromatic nitrogens is 3. The molecule has 0 saturated carbocycles. The van der Waals surface area contributed by atoms with E-state index in [0.717, 1.165) is 6.20 Å². The molecule has 186 valence electrons. The molecule has 0 amide bonds. The molecule has 0 atom stereocenters. The Morgan fingerprint density at radius 3 is 2.31 bits per heavy atom. The molecule has 4 rings (SSSR count). The number of benzene rings is 2. The number of hydrogen-bond acceptors (Lipinski definition) is 7. The van der Waals surface area contributed by atoms with Crippen LogP contribution in [0.3, 0.4) is 0 Å². The average Bonchev–Trinajstić information content (AvgIpc) is 2.80. The second kappa shape index (κ2) is 9.33. The summed E-state index contributed by atoms with van der Waals surface area (Å²) in [5.41, 5.74) is 8.51. The number of nitrogens with zero attached hydrogens (tertiary/aromatic N) is 3. The molecule has 4 aromatic rings. The van der Waals surface area contributed by atoms with E-state index >= 15 is 0 Å². The standard InChI is InChI=1S/C25H21F3N4O4/c1-13(29)23(14(2)33)18-8-19-17(9-21(18)35-3)24-20(10-30-19)31-11-22(34)32(24)12-15-4-6-16(7-5-15)36-25(26,27)28/h4-11H,12,29H2,1-3H3. The highest BCUT2D eigenvalue weighted by Crippen LogP contribution is 2.34. The van der Waals surface area contributed by atoms with Crippen LogP contribution in [0.15, 0.2) is 59.3 Å². The van der Waals surface area contributed by atoms with E-state index < -0.39 is 11.9 Å². The maximum atomic E-state index is 12.9. The van der Waals surface area contributed by atoms with Crippen LogP contribution in [-0.2, 0) is 11.3 Å². The van der Waals surface area contributed by atoms with Crippen LogP contribution < -0.4 is 20.8 Å². The normalized spacial score (nSPS) is 12.5. The Morgan fingerprint density at radius 2 is 1.72 bits per heavy atom. The van der Waals surface area contributed by atoms with Gasteiger partial charge in [-0.05, 0) is 43.7 Å². The van der Waals surface area contributed by atoms with Crippen molar-refractivity contribution in [1.82, 2.24) is 14.5 Å². The molecule has 0 unspecified atom stereocenters. The van der Waals surface area contributed by atoms with Crippen molar-refractivity contribution in [2.75, 3.05) is 7.11 Å². The number of ether oxygens (including phenoxy) is 2. The summed E-state index contributed by atoms with van der Waals surface area (Å²) in [5, 5.41) is 0.535. The summed E-state index contributed by atoms with van der Waals surface area (Å²) in [6, 6.07) is 8.55. The minimum Gasteiger partial charge on any atom is -0.496 e. The minimum absolute atomic E-state index is 0.0494. The van der Waals surface area contributed by atoms with E-state index in [9.17, 15) is 22.8 Å². The highest BCUT2D eigenvalue weighted by atomic mass is 19.4. The molecule has 0 spiro atoms. The van der Waals surface area contributed by atoms with Crippen LogP contribution in [0.25, 0.3) is 27.5 Å². The highest BCUT2D eigenvalue weighted by molar-refractivity contribution is 6.22. The molecule has 2 heterocycles. The lowest BCUT2D eigenvalue weighted by Gasteiger charge is -2.16. The number of methoxy groups -OCH3 is 1. The predicted molar refractivity (Wildman–Crippen MR) is 128 cm³/mol. The van der Waals surface area contributed by atoms with Gasteiger partial charge in [-0.3, -0.25) is 14.6 Å². The smallest absolute Gasteiger partial charge is 0.496 e. The zero-order valence-electron chi connectivity index (χ0n) is 19.5. The number of rotatable bonds is 6. The number of nitrogens with two attached hydrogens (primary N) is 1. The number of pyridine rings is 1. The number of hydrogen-bond donors (Lipinski definition) is 1. The van der Waals surface area contributed by atoms with E-state index in [4.69, 9.17) is 10.5 Å². The Kier molecular flexibility index (Phi) is 6.40. The van der Waals surface area contributed by atoms with Crippen molar-refractivity contribution in [2.45, 2.75) is 26.8 Å². The van der Waals surface area contributed by atoms with Crippen molar-refractivity contribution >= 4 is 33.3 Å². The molecule has 0 aliphatic rings. The fourth-order valence-corrected chi connectivity index (χ4v) is 4.06. The molecule has 8 nitrogen and oxygen atoms in total. The average molecular weight is 498 g/mol. The second-order valence-electron chi connectivity index (χ2n) is 8.05. The van der Waals surface area contributed by atoms with Gasteiger partial charge in [0.15, 0.2) is 5.78 Å². The van der Waals surface area contributed by atoms with Crippen LogP contribution in [0.2, 0.25) is 0 Å². The van der Waals surface area contributed by atoms with E-state index in [1.807, 2.05) is 0 Å². The first-order valence-electron chi connectivity index (χ1n) is 10.7. The third-order valence-electron chi connectivity index (χ3n) is 5.50. The third-order valence-corrected chi connectivity index (χ3v) is 5.50. The quantitative estimate of drug-likeness (QED) is 0.314. The van der Waals surface area contributed by atoms with E-state index in [1.165, 1.54) is 49.1 Å². The first kappa shape index (κ1) is 24.7. The molecule has 2 aromatic heterocycles. The SMILES string of the molecule is COc1cc2c(cc1C(C(C)=O)=C(C)N)ncc1ncc(=O)n(Cc3ccc(OC(F)(F)F)cc3)c12. The molecule has 2 N–H and O–H groups in total. The van der Waals surface area contributed by atoms with Gasteiger partial charge in [0.2, 0.25) is 0 Å². The molecule has 0 aliphatic carbocycles. The van der Waals surface area contributed by atoms with Crippen molar-refractivity contribution in [3.63, 3.8) is 0 Å². The number of carbonyl (C=O) groups is 1. The fourth-order valence-electron chi connectivity index (χ4n) is 4.06. The Morgan fingerprint density at radius 1 is 1.06 bits per heavy atom. The summed E-state index contributed by atoms with van der Waals surface area (Å²) >= 11 is 0. The number of allylic oxidation sites excluding steroid dienone is 2. The highest BCUT2D eigenvalue weighted by Gasteiger charge is 2.31. The molecule has 0 fully saturated rings. The van der Waals surface area contributed by atoms with Gasteiger partial charge in [-0.15, -0.1) is 13.2 Å². The Labute approximate surface area is 202 Å². The molecule has 0 radical (unpaired) electrons. The monoisotopic (exact) mass is 498 g/mol. The van der Waals surface area contributed by atoms with Crippen LogP contribution >= 0.6 is 0 Å². The summed E-state index contributed by atoms with van der Waals surface area (Å²) in [7, 11) is 1.45. The van der Waals surface area contributed by atoms with Gasteiger partial charge in [-0.2, -0.15) is 0 Å². The second-order valence-corrected chi connectivity index (χ2v) is 8.05. The Balaban J connectivity index is 1.90. The summed E-state index contributed by atoms with van der Waals surface area (Å²) in [6.07, 6.45) is -2.16. The van der Waals surface area contributed by atoms with Crippen LogP contribution in [0.1, 0.15) is 25.0 Å². The molecule has 0 bridgehead atoms. The first-order chi connectivity index (χ1) is 17.0. The maximum Gasteiger partial charge on any atom is 0.573 e. The summed E-state index contributed by atoms with van der Waals surface area (Å²) in [4.78, 5) is 33.7. The topological polar surface area (TPSA) is 109 Å². The van der Waals surface area contributed by atoms with Gasteiger partial charge in [0.05, 0.1) is 37.1 Å². The van der Waals surface area contributed by atoms with Gasteiger partial charge in [0.25, 0.3) is 5.56 Å². The van der Waals surface area contributed by atoms with E-state index in [-0.39, 0.29) is 18.1 Å². The van der Waals surface area contributed by atoms with Gasteiger partial charge in [0, 0.05) is 22.2 Å². The van der Waals surface area contributed by atoms with Gasteiger partial charge < -0.3 is 19.8 Å². The lowest BCUT2D eigenvalue weighted by atomic mass is 9.97. The van der Waals surface area contributed by atoms with Crippen LogP contribution in [-0.4, -0.2) is 33.8 Å². The maximum absolute atomic E-state index is 12.9. The number of alkyl halides is 3. The van der Waals surface area contributed by atoms with E-state index in [0.29, 0.717) is 50.1 Å². The fraction of sp³-hybridized carbons (Fsp3) is 0.200. The van der Waals surface area contributed by atoms with Crippen molar-refractivity contribution in [3.05, 3.63) is 76.0 Å². The van der Waals surface area contributed by atoms with Gasteiger partial charge >= 0.3 is 6.36 Å². The Bertz CT molecular complexity index is 1570. The van der Waals surface area contributed by atoms with Crippen LogP contribution in [0, 0.1) is 0 Å². The number of fused-ring (bicyclic) bond motifs is 3. The zero-order chi connectivity index (χ0) is 26.2. The van der Waals surface area contributed by atoms with E-state index in [1.54, 1.807) is 19.1 Å². The molecule has 0 saturated heterocycles. The number of carbonyl (C=O) groups excluding carboxylic acids is 1. The zero-order valence-corrected chi connectivity index (χ0v) is 19.5. The number of ketones is 1. The summed E-state index contributed by atoms with van der Waals surface area (Å²) in [5.74, 6) is -0.261. The molecular formula is C25H21F3N4O4. The van der Waals surface area contributed by atoms with Crippen molar-refractivity contribution in [2.24, 2.45) is 5.73 Å². The van der Waals surface area contributed by atoms with Crippen LogP contribution in [0.4, 0.5) is 13.2 Å². The predicted octanol–water partition coefficient (Wildman–Crippen LogP) is 4.18. The number of Topliss-reactive ketones (excluding diaryl/α,β-unsaturated/α-hetero) is 1. The largest absolute Gasteiger partial charge is 0.573 e. The Hall–Kier alpha value is -4.41. The minimum atomic E-state index is -4.80. The molecular weight excluding hydrogens is 477 g/mol. The third kappa shape index (κ3) is 4.85. The summed E-state index contributed by atoms with van der Waals surface area (Å²) < 4.78 is 48.3. The lowest BCUT2D eigenvalue weighted by Crippen LogP contribution is -2.21. The van der Waals surface area contributed by atoms with Gasteiger partial charge in [-0.1, -0.05) is 12.1 Å². The molecule has 2 aromatic carbocycles. The van der Waals surface area contributed by atoms with Crippen molar-refractivity contribution < 1.29 is 27.4 Å². The number of halogens is 3. The molecule has 0 aliphatic heterocycles. The van der Waals surface area contributed by atoms with Crippen LogP contribution in [0.5, 0.6) is 11.5 Å². The molecule has 36 heavy (non-hydrogen) atoms. The van der Waals surface area contributed by atoms with Crippen molar-refractivity contribution in [3.8, 4) is 11.5 Å². The van der Waals surface area contributed by atoms with Gasteiger partial charge in [0.1, 0.15) is 17.0 Å². The summed E-state index contributed by atoms with van der Waals surface area (Å²) in [6.45, 7) is 3.06. The first-order valence-corrected chi connectivity index (χ1v) is 10.7. The van der Waals surface area contributed by atoms with E-state index in [2.05, 4.69) is 14.7 Å². The van der Waals surface area contributed by atoms with Gasteiger partial charge in [-0.25, -0.2) is 4.98 Å². The lowest BCUT2D eigenvalue weighted by molar-refractivity contribution is -0.274. The molecule has 11 heteroatoms. The van der Waals surface area contributed by atoms with Crippen molar-refractivity contribution in [1.29, 1.82) is 0 Å².